The maximum absolute atomic E-state index is 6.69. The van der Waals surface area contributed by atoms with Crippen LogP contribution < -0.4 is 5.73 Å². The third-order valence-corrected chi connectivity index (χ3v) is 5.70. The maximum atomic E-state index is 6.69. The molecule has 2 aliphatic rings. The number of nitrogens with two attached hydrogens (primary N) is 1. The van der Waals surface area contributed by atoms with Crippen molar-refractivity contribution >= 4 is 0 Å². The van der Waals surface area contributed by atoms with Gasteiger partial charge in [-0.05, 0) is 38.6 Å². The minimum absolute atomic E-state index is 0.0768. The Morgan fingerprint density at radius 1 is 1.26 bits per heavy atom. The average molecular weight is 268 g/mol. The number of rotatable bonds is 7. The van der Waals surface area contributed by atoms with Gasteiger partial charge in [0, 0.05) is 30.7 Å². The van der Waals surface area contributed by atoms with E-state index in [0.29, 0.717) is 6.10 Å². The van der Waals surface area contributed by atoms with E-state index in [4.69, 9.17) is 10.5 Å². The first-order valence-corrected chi connectivity index (χ1v) is 8.05. The average Bonchev–Trinajstić information content (AvgIpc) is 2.31. The topological polar surface area (TPSA) is 38.5 Å². The van der Waals surface area contributed by atoms with E-state index < -0.39 is 0 Å². The van der Waals surface area contributed by atoms with E-state index in [9.17, 15) is 0 Å². The molecule has 2 atom stereocenters. The second kappa shape index (κ2) is 5.71. The van der Waals surface area contributed by atoms with Gasteiger partial charge in [0.2, 0.25) is 0 Å². The van der Waals surface area contributed by atoms with Crippen molar-refractivity contribution in [3.8, 4) is 0 Å². The Kier molecular flexibility index (Phi) is 4.59. The van der Waals surface area contributed by atoms with Crippen LogP contribution >= 0.6 is 0 Å². The van der Waals surface area contributed by atoms with Crippen molar-refractivity contribution in [1.29, 1.82) is 0 Å². The molecule has 2 saturated carbocycles. The molecule has 2 unspecified atom stereocenters. The van der Waals surface area contributed by atoms with Gasteiger partial charge in [0.05, 0.1) is 6.10 Å². The summed E-state index contributed by atoms with van der Waals surface area (Å²) in [6.07, 6.45) is 5.60. The molecule has 0 spiro atoms. The quantitative estimate of drug-likeness (QED) is 0.771. The molecular formula is C16H32N2O. The molecule has 3 heteroatoms. The van der Waals surface area contributed by atoms with Gasteiger partial charge in [0.1, 0.15) is 0 Å². The summed E-state index contributed by atoms with van der Waals surface area (Å²) in [5.74, 6) is 0.925. The lowest BCUT2D eigenvalue weighted by Crippen LogP contribution is -2.73. The Morgan fingerprint density at radius 2 is 1.95 bits per heavy atom. The van der Waals surface area contributed by atoms with Crippen LogP contribution in [0.15, 0.2) is 0 Å². The number of ether oxygens (including phenoxy) is 1. The molecule has 112 valence electrons. The highest BCUT2D eigenvalue weighted by Gasteiger charge is 2.58. The normalized spacial score (nSPS) is 34.1. The molecule has 0 aromatic heterocycles. The van der Waals surface area contributed by atoms with Crippen LogP contribution in [-0.4, -0.2) is 42.8 Å². The van der Waals surface area contributed by atoms with Crippen molar-refractivity contribution in [2.45, 2.75) is 65.0 Å². The van der Waals surface area contributed by atoms with E-state index in [1.807, 2.05) is 0 Å². The summed E-state index contributed by atoms with van der Waals surface area (Å²) >= 11 is 0. The Hall–Kier alpha value is -0.120. The summed E-state index contributed by atoms with van der Waals surface area (Å²) in [5.41, 5.74) is 6.71. The fourth-order valence-corrected chi connectivity index (χ4v) is 3.52. The van der Waals surface area contributed by atoms with Crippen molar-refractivity contribution in [2.24, 2.45) is 17.1 Å². The Labute approximate surface area is 118 Å². The highest BCUT2D eigenvalue weighted by Crippen LogP contribution is 2.50. The molecular weight excluding hydrogens is 236 g/mol. The maximum Gasteiger partial charge on any atom is 0.0662 e. The SMILES string of the molecule is CCOC1CC(N)(CN(CC)CC2CCC2)C1(C)C. The van der Waals surface area contributed by atoms with E-state index >= 15 is 0 Å². The summed E-state index contributed by atoms with van der Waals surface area (Å²) < 4.78 is 5.82. The van der Waals surface area contributed by atoms with E-state index in [0.717, 1.165) is 32.0 Å². The van der Waals surface area contributed by atoms with Gasteiger partial charge in [-0.3, -0.25) is 0 Å². The highest BCUT2D eigenvalue weighted by atomic mass is 16.5. The van der Waals surface area contributed by atoms with Gasteiger partial charge >= 0.3 is 0 Å². The van der Waals surface area contributed by atoms with Crippen LogP contribution in [-0.2, 0) is 4.74 Å². The van der Waals surface area contributed by atoms with E-state index in [-0.39, 0.29) is 11.0 Å². The molecule has 19 heavy (non-hydrogen) atoms. The molecule has 2 fully saturated rings. The summed E-state index contributed by atoms with van der Waals surface area (Å²) in [6, 6.07) is 0. The van der Waals surface area contributed by atoms with E-state index in [1.54, 1.807) is 0 Å². The molecule has 0 aliphatic heterocycles. The number of hydrogen-bond acceptors (Lipinski definition) is 3. The fraction of sp³-hybridized carbons (Fsp3) is 1.00. The van der Waals surface area contributed by atoms with Crippen molar-refractivity contribution in [3.05, 3.63) is 0 Å². The Bertz CT molecular complexity index is 301. The van der Waals surface area contributed by atoms with Gasteiger partial charge in [0.15, 0.2) is 0 Å². The van der Waals surface area contributed by atoms with Crippen molar-refractivity contribution < 1.29 is 4.74 Å². The molecule has 0 heterocycles. The van der Waals surface area contributed by atoms with E-state index in [1.165, 1.54) is 25.8 Å². The lowest BCUT2D eigenvalue weighted by Gasteiger charge is -2.60. The minimum atomic E-state index is -0.0768. The Morgan fingerprint density at radius 3 is 2.37 bits per heavy atom. The van der Waals surface area contributed by atoms with Crippen LogP contribution in [0.4, 0.5) is 0 Å². The molecule has 0 saturated heterocycles. The van der Waals surface area contributed by atoms with Crippen LogP contribution in [0.5, 0.6) is 0 Å². The van der Waals surface area contributed by atoms with Gasteiger partial charge in [-0.15, -0.1) is 0 Å². The lowest BCUT2D eigenvalue weighted by atomic mass is 9.54. The molecule has 2 aliphatic carbocycles. The summed E-state index contributed by atoms with van der Waals surface area (Å²) in [6.45, 7) is 13.0. The zero-order chi connectivity index (χ0) is 14.1. The summed E-state index contributed by atoms with van der Waals surface area (Å²) in [5, 5.41) is 0. The number of hydrogen-bond donors (Lipinski definition) is 1. The molecule has 0 aromatic rings. The van der Waals surface area contributed by atoms with Crippen LogP contribution in [0.2, 0.25) is 0 Å². The first-order chi connectivity index (χ1) is 8.93. The Balaban J connectivity index is 1.89. The van der Waals surface area contributed by atoms with Crippen molar-refractivity contribution in [1.82, 2.24) is 4.90 Å². The van der Waals surface area contributed by atoms with Crippen LogP contribution in [0.1, 0.15) is 53.4 Å². The zero-order valence-electron chi connectivity index (χ0n) is 13.2. The fourth-order valence-electron chi connectivity index (χ4n) is 3.52. The second-order valence-electron chi connectivity index (χ2n) is 7.15. The van der Waals surface area contributed by atoms with Crippen LogP contribution in [0.25, 0.3) is 0 Å². The molecule has 0 bridgehead atoms. The standard InChI is InChI=1S/C16H32N2O/c1-5-18(11-13-8-7-9-13)12-16(17)10-14(19-6-2)15(16,3)4/h13-14H,5-12,17H2,1-4H3. The molecule has 0 aromatic carbocycles. The van der Waals surface area contributed by atoms with E-state index in [2.05, 4.69) is 32.6 Å². The third kappa shape index (κ3) is 2.84. The van der Waals surface area contributed by atoms with Gasteiger partial charge < -0.3 is 15.4 Å². The first kappa shape index (κ1) is 15.3. The molecule has 3 nitrogen and oxygen atoms in total. The largest absolute Gasteiger partial charge is 0.378 e. The van der Waals surface area contributed by atoms with Crippen molar-refractivity contribution in [3.63, 3.8) is 0 Å². The molecule has 0 radical (unpaired) electrons. The van der Waals surface area contributed by atoms with Crippen LogP contribution in [0.3, 0.4) is 0 Å². The molecule has 0 amide bonds. The molecule has 2 rings (SSSR count). The number of nitrogens with zero attached hydrogens (tertiary/aromatic N) is 1. The summed E-state index contributed by atoms with van der Waals surface area (Å²) in [7, 11) is 0. The predicted molar refractivity (Wildman–Crippen MR) is 80.2 cm³/mol. The highest BCUT2D eigenvalue weighted by molar-refractivity contribution is 5.14. The third-order valence-electron chi connectivity index (χ3n) is 5.70. The van der Waals surface area contributed by atoms with Gasteiger partial charge in [-0.2, -0.15) is 0 Å². The predicted octanol–water partition coefficient (Wildman–Crippen LogP) is 2.64. The minimum Gasteiger partial charge on any atom is -0.378 e. The number of likely N-dealkylation sites (N-methyl/N-ethyl adjacent to an activating group) is 1. The van der Waals surface area contributed by atoms with Gasteiger partial charge in [-0.25, -0.2) is 0 Å². The smallest absolute Gasteiger partial charge is 0.0662 e. The lowest BCUT2D eigenvalue weighted by molar-refractivity contribution is -0.157. The monoisotopic (exact) mass is 268 g/mol. The van der Waals surface area contributed by atoms with Gasteiger partial charge in [-0.1, -0.05) is 27.2 Å². The van der Waals surface area contributed by atoms with Crippen molar-refractivity contribution in [2.75, 3.05) is 26.2 Å². The van der Waals surface area contributed by atoms with Gasteiger partial charge in [0.25, 0.3) is 0 Å². The molecule has 2 N–H and O–H groups in total. The second-order valence-corrected chi connectivity index (χ2v) is 7.15. The first-order valence-electron chi connectivity index (χ1n) is 8.05. The zero-order valence-corrected chi connectivity index (χ0v) is 13.2. The summed E-state index contributed by atoms with van der Waals surface area (Å²) in [4.78, 5) is 2.56. The van der Waals surface area contributed by atoms with Crippen LogP contribution in [0, 0.1) is 11.3 Å².